The number of methoxy groups -OCH3 is 3. The van der Waals surface area contributed by atoms with Gasteiger partial charge in [0, 0.05) is 16.6 Å². The average Bonchev–Trinajstić information content (AvgIpc) is 2.87. The highest BCUT2D eigenvalue weighted by Crippen LogP contribution is 2.40. The number of hydrogen-bond donors (Lipinski definition) is 0. The van der Waals surface area contributed by atoms with Gasteiger partial charge in [-0.15, -0.1) is 11.3 Å². The number of aromatic nitrogens is 1. The van der Waals surface area contributed by atoms with Crippen molar-refractivity contribution in [2.75, 3.05) is 21.3 Å². The first kappa shape index (κ1) is 16.8. The van der Waals surface area contributed by atoms with E-state index in [2.05, 4.69) is 23.8 Å². The number of benzene rings is 1. The van der Waals surface area contributed by atoms with Gasteiger partial charge in [-0.3, -0.25) is 0 Å². The minimum atomic E-state index is 0.416. The van der Waals surface area contributed by atoms with Crippen molar-refractivity contribution in [3.63, 3.8) is 0 Å². The predicted molar refractivity (Wildman–Crippen MR) is 92.4 cm³/mol. The molecule has 0 saturated heterocycles. The summed E-state index contributed by atoms with van der Waals surface area (Å²) < 4.78 is 19.3. The number of nitrogens with zero attached hydrogens (tertiary/aromatic N) is 1. The Kier molecular flexibility index (Phi) is 5.47. The topological polar surface area (TPSA) is 32.6 Å². The van der Waals surface area contributed by atoms with Gasteiger partial charge in [0.05, 0.1) is 27.9 Å². The van der Waals surface area contributed by atoms with E-state index in [9.17, 15) is 0 Å². The summed E-state index contributed by atoms with van der Waals surface area (Å²) in [4.78, 5) is 0. The van der Waals surface area contributed by atoms with Crippen LogP contribution in [-0.2, 0) is 6.54 Å². The Labute approximate surface area is 140 Å². The fraction of sp³-hybridized carbons (Fsp3) is 0.438. The Hall–Kier alpha value is -1.53. The standard InChI is InChI=1S/C16H21NO3S2/c1-10(2)12-9-22-16(21)17(12)8-11-6-7-13(18-3)15(20-5)14(11)19-4/h6-7,9-10H,8H2,1-5H3. The third-order valence-electron chi connectivity index (χ3n) is 3.52. The zero-order chi connectivity index (χ0) is 16.3. The van der Waals surface area contributed by atoms with Gasteiger partial charge in [0.1, 0.15) is 0 Å². The monoisotopic (exact) mass is 339 g/mol. The molecule has 22 heavy (non-hydrogen) atoms. The van der Waals surface area contributed by atoms with E-state index >= 15 is 0 Å². The molecular formula is C16H21NO3S2. The van der Waals surface area contributed by atoms with Crippen molar-refractivity contribution in [2.24, 2.45) is 0 Å². The first-order chi connectivity index (χ1) is 10.5. The van der Waals surface area contributed by atoms with Crippen LogP contribution in [0.1, 0.15) is 31.0 Å². The van der Waals surface area contributed by atoms with Crippen molar-refractivity contribution in [1.29, 1.82) is 0 Å². The zero-order valence-corrected chi connectivity index (χ0v) is 15.1. The van der Waals surface area contributed by atoms with Crippen LogP contribution in [0.15, 0.2) is 17.5 Å². The van der Waals surface area contributed by atoms with E-state index in [1.54, 1.807) is 32.7 Å². The number of hydrogen-bond acceptors (Lipinski definition) is 5. The maximum Gasteiger partial charge on any atom is 0.203 e. The van der Waals surface area contributed by atoms with Gasteiger partial charge in [-0.25, -0.2) is 0 Å². The summed E-state index contributed by atoms with van der Waals surface area (Å²) in [6.45, 7) is 4.98. The molecule has 1 aromatic carbocycles. The summed E-state index contributed by atoms with van der Waals surface area (Å²) in [5.41, 5.74) is 2.24. The summed E-state index contributed by atoms with van der Waals surface area (Å²) >= 11 is 7.06. The molecule has 0 bridgehead atoms. The highest BCUT2D eigenvalue weighted by Gasteiger charge is 2.17. The molecule has 0 saturated carbocycles. The van der Waals surface area contributed by atoms with Gasteiger partial charge in [-0.2, -0.15) is 0 Å². The first-order valence-electron chi connectivity index (χ1n) is 6.99. The number of rotatable bonds is 6. The van der Waals surface area contributed by atoms with E-state index in [0.717, 1.165) is 9.52 Å². The highest BCUT2D eigenvalue weighted by atomic mass is 32.1. The molecular weight excluding hydrogens is 318 g/mol. The zero-order valence-electron chi connectivity index (χ0n) is 13.5. The molecule has 0 fully saturated rings. The summed E-state index contributed by atoms with van der Waals surface area (Å²) in [7, 11) is 4.86. The lowest BCUT2D eigenvalue weighted by molar-refractivity contribution is 0.321. The van der Waals surface area contributed by atoms with Crippen LogP contribution in [0.25, 0.3) is 0 Å². The molecule has 0 amide bonds. The van der Waals surface area contributed by atoms with Crippen LogP contribution in [0.4, 0.5) is 0 Å². The van der Waals surface area contributed by atoms with Crippen LogP contribution in [0.5, 0.6) is 17.2 Å². The summed E-state index contributed by atoms with van der Waals surface area (Å²) in [5.74, 6) is 2.36. The van der Waals surface area contributed by atoms with E-state index in [0.29, 0.717) is 29.7 Å². The summed E-state index contributed by atoms with van der Waals surface area (Å²) in [6.07, 6.45) is 0. The minimum Gasteiger partial charge on any atom is -0.493 e. The van der Waals surface area contributed by atoms with E-state index in [4.69, 9.17) is 26.4 Å². The third-order valence-corrected chi connectivity index (χ3v) is 4.81. The lowest BCUT2D eigenvalue weighted by atomic mass is 10.1. The maximum atomic E-state index is 5.55. The van der Waals surface area contributed by atoms with Gasteiger partial charge in [-0.1, -0.05) is 13.8 Å². The largest absolute Gasteiger partial charge is 0.493 e. The molecule has 0 unspecified atom stereocenters. The molecule has 2 aromatic rings. The third kappa shape index (κ3) is 3.13. The van der Waals surface area contributed by atoms with Crippen LogP contribution >= 0.6 is 23.6 Å². The molecule has 1 aromatic heterocycles. The fourth-order valence-corrected chi connectivity index (χ4v) is 3.64. The van der Waals surface area contributed by atoms with Gasteiger partial charge in [0.2, 0.25) is 5.75 Å². The Morgan fingerprint density at radius 2 is 1.77 bits per heavy atom. The Bertz CT molecular complexity index is 704. The molecule has 4 nitrogen and oxygen atoms in total. The van der Waals surface area contributed by atoms with E-state index in [1.807, 2.05) is 12.1 Å². The van der Waals surface area contributed by atoms with Crippen molar-refractivity contribution in [1.82, 2.24) is 4.57 Å². The molecule has 0 spiro atoms. The number of ether oxygens (including phenoxy) is 3. The van der Waals surface area contributed by atoms with Crippen molar-refractivity contribution >= 4 is 23.6 Å². The lowest BCUT2D eigenvalue weighted by Crippen LogP contribution is -2.08. The second-order valence-corrected chi connectivity index (χ2v) is 6.66. The Morgan fingerprint density at radius 3 is 2.32 bits per heavy atom. The number of thiazole rings is 1. The van der Waals surface area contributed by atoms with Crippen molar-refractivity contribution < 1.29 is 14.2 Å². The smallest absolute Gasteiger partial charge is 0.203 e. The maximum absolute atomic E-state index is 5.55. The van der Waals surface area contributed by atoms with Gasteiger partial charge in [0.15, 0.2) is 15.5 Å². The molecule has 0 N–H and O–H groups in total. The van der Waals surface area contributed by atoms with E-state index in [1.165, 1.54) is 5.69 Å². The normalized spacial score (nSPS) is 10.8. The molecule has 0 aliphatic carbocycles. The summed E-state index contributed by atoms with van der Waals surface area (Å²) in [5, 5.41) is 2.13. The molecule has 0 atom stereocenters. The van der Waals surface area contributed by atoms with E-state index in [-0.39, 0.29) is 0 Å². The van der Waals surface area contributed by atoms with Gasteiger partial charge in [-0.05, 0) is 30.3 Å². The molecule has 120 valence electrons. The van der Waals surface area contributed by atoms with Crippen LogP contribution in [0, 0.1) is 3.95 Å². The fourth-order valence-electron chi connectivity index (χ4n) is 2.41. The van der Waals surface area contributed by atoms with E-state index < -0.39 is 0 Å². The van der Waals surface area contributed by atoms with Crippen molar-refractivity contribution in [3.8, 4) is 17.2 Å². The molecule has 0 radical (unpaired) electrons. The Balaban J connectivity index is 2.51. The second kappa shape index (κ2) is 7.15. The first-order valence-corrected chi connectivity index (χ1v) is 8.28. The van der Waals surface area contributed by atoms with Gasteiger partial charge < -0.3 is 18.8 Å². The SMILES string of the molecule is COc1ccc(Cn2c(C(C)C)csc2=S)c(OC)c1OC. The van der Waals surface area contributed by atoms with Crippen molar-refractivity contribution in [3.05, 3.63) is 32.7 Å². The molecule has 1 heterocycles. The van der Waals surface area contributed by atoms with Crippen LogP contribution in [-0.4, -0.2) is 25.9 Å². The molecule has 2 rings (SSSR count). The van der Waals surface area contributed by atoms with Crippen LogP contribution < -0.4 is 14.2 Å². The molecule has 6 heteroatoms. The lowest BCUT2D eigenvalue weighted by Gasteiger charge is -2.17. The molecule has 0 aliphatic rings. The van der Waals surface area contributed by atoms with Gasteiger partial charge >= 0.3 is 0 Å². The second-order valence-electron chi connectivity index (χ2n) is 5.16. The highest BCUT2D eigenvalue weighted by molar-refractivity contribution is 7.73. The van der Waals surface area contributed by atoms with Gasteiger partial charge in [0.25, 0.3) is 0 Å². The van der Waals surface area contributed by atoms with Crippen LogP contribution in [0.2, 0.25) is 0 Å². The quantitative estimate of drug-likeness (QED) is 0.727. The average molecular weight is 339 g/mol. The summed E-state index contributed by atoms with van der Waals surface area (Å²) in [6, 6.07) is 3.88. The minimum absolute atomic E-state index is 0.416. The Morgan fingerprint density at radius 1 is 1.09 bits per heavy atom. The van der Waals surface area contributed by atoms with Crippen LogP contribution in [0.3, 0.4) is 0 Å². The molecule has 0 aliphatic heterocycles. The predicted octanol–water partition coefficient (Wildman–Crippen LogP) is 4.48. The van der Waals surface area contributed by atoms with Crippen molar-refractivity contribution in [2.45, 2.75) is 26.3 Å².